The number of hydrogen-bond acceptors (Lipinski definition) is 5. The van der Waals surface area contributed by atoms with Gasteiger partial charge in [0.15, 0.2) is 0 Å². The Morgan fingerprint density at radius 2 is 1.64 bits per heavy atom. The van der Waals surface area contributed by atoms with Gasteiger partial charge in [0.2, 0.25) is 9.84 Å². The van der Waals surface area contributed by atoms with Crippen LogP contribution in [0.2, 0.25) is 0 Å². The van der Waals surface area contributed by atoms with E-state index in [1.54, 1.807) is 42.5 Å². The lowest BCUT2D eigenvalue weighted by molar-refractivity contribution is 0.0945. The third-order valence-corrected chi connectivity index (χ3v) is 5.24. The molecule has 2 aromatic heterocycles. The second-order valence-corrected chi connectivity index (χ2v) is 7.15. The Hall–Kier alpha value is -3.06. The minimum Gasteiger partial charge on any atom is -0.345 e. The van der Waals surface area contributed by atoms with E-state index in [2.05, 4.69) is 15.3 Å². The van der Waals surface area contributed by atoms with E-state index in [1.807, 2.05) is 0 Å². The van der Waals surface area contributed by atoms with Gasteiger partial charge in [-0.05, 0) is 36.4 Å². The molecular weight excluding hydrogens is 338 g/mol. The lowest BCUT2D eigenvalue weighted by Crippen LogP contribution is -2.24. The predicted molar refractivity (Wildman–Crippen MR) is 91.5 cm³/mol. The fourth-order valence-electron chi connectivity index (χ4n) is 2.17. The number of carbonyl (C=O) groups is 1. The monoisotopic (exact) mass is 353 g/mol. The molecule has 25 heavy (non-hydrogen) atoms. The van der Waals surface area contributed by atoms with Gasteiger partial charge in [-0.15, -0.1) is 0 Å². The molecule has 2 heterocycles. The van der Waals surface area contributed by atoms with Crippen molar-refractivity contribution < 1.29 is 13.2 Å². The Morgan fingerprint density at radius 3 is 2.28 bits per heavy atom. The van der Waals surface area contributed by atoms with Crippen LogP contribution in [0.5, 0.6) is 0 Å². The Balaban J connectivity index is 1.70. The summed E-state index contributed by atoms with van der Waals surface area (Å²) in [5.41, 5.74) is 0.863. The first-order valence-electron chi connectivity index (χ1n) is 7.52. The fraction of sp³-hybridized carbons (Fsp3) is 0.0556. The largest absolute Gasteiger partial charge is 0.345 e. The first kappa shape index (κ1) is 16.8. The van der Waals surface area contributed by atoms with Crippen LogP contribution in [0.1, 0.15) is 16.2 Å². The van der Waals surface area contributed by atoms with E-state index in [0.717, 1.165) is 0 Å². The summed E-state index contributed by atoms with van der Waals surface area (Å²) in [5.74, 6) is -0.316. The maximum absolute atomic E-state index is 12.5. The number of carbonyl (C=O) groups excluding carboxylic acids is 1. The summed E-state index contributed by atoms with van der Waals surface area (Å²) in [6, 6.07) is 16.3. The Labute approximate surface area is 145 Å². The van der Waals surface area contributed by atoms with Crippen LogP contribution in [0.3, 0.4) is 0 Å². The highest BCUT2D eigenvalue weighted by molar-refractivity contribution is 7.91. The molecular formula is C18H15N3O3S. The molecule has 1 N–H and O–H groups in total. The van der Waals surface area contributed by atoms with E-state index >= 15 is 0 Å². The number of benzene rings is 1. The number of nitrogens with one attached hydrogen (secondary N) is 1. The molecule has 0 aliphatic heterocycles. The number of rotatable bonds is 5. The highest BCUT2D eigenvalue weighted by atomic mass is 32.2. The molecule has 0 atom stereocenters. The topological polar surface area (TPSA) is 89.0 Å². The van der Waals surface area contributed by atoms with Gasteiger partial charge in [0.1, 0.15) is 5.69 Å². The van der Waals surface area contributed by atoms with Crippen molar-refractivity contribution in [2.45, 2.75) is 16.3 Å². The van der Waals surface area contributed by atoms with Crippen molar-refractivity contribution in [3.63, 3.8) is 0 Å². The first-order valence-corrected chi connectivity index (χ1v) is 9.00. The summed E-state index contributed by atoms with van der Waals surface area (Å²) < 4.78 is 25.0. The molecule has 6 nitrogen and oxygen atoms in total. The van der Waals surface area contributed by atoms with Crippen molar-refractivity contribution in [1.82, 2.24) is 15.3 Å². The number of sulfone groups is 1. The molecule has 0 fully saturated rings. The van der Waals surface area contributed by atoms with Crippen molar-refractivity contribution in [2.24, 2.45) is 0 Å². The molecule has 3 aromatic rings. The van der Waals surface area contributed by atoms with Crippen LogP contribution in [-0.2, 0) is 16.4 Å². The quantitative estimate of drug-likeness (QED) is 0.760. The zero-order chi connectivity index (χ0) is 17.7. The van der Waals surface area contributed by atoms with E-state index in [9.17, 15) is 13.2 Å². The van der Waals surface area contributed by atoms with Gasteiger partial charge < -0.3 is 5.32 Å². The first-order chi connectivity index (χ1) is 12.1. The van der Waals surface area contributed by atoms with E-state index in [-0.39, 0.29) is 22.2 Å². The third-order valence-electron chi connectivity index (χ3n) is 3.49. The number of nitrogens with zero attached hydrogens (tertiary/aromatic N) is 2. The van der Waals surface area contributed by atoms with Gasteiger partial charge in [-0.1, -0.05) is 24.3 Å². The Bertz CT molecular complexity index is 957. The lowest BCUT2D eigenvalue weighted by Gasteiger charge is -2.07. The summed E-state index contributed by atoms with van der Waals surface area (Å²) in [6.07, 6.45) is 2.83. The van der Waals surface area contributed by atoms with Gasteiger partial charge in [0, 0.05) is 12.4 Å². The molecule has 1 amide bonds. The van der Waals surface area contributed by atoms with E-state index in [4.69, 9.17) is 0 Å². The van der Waals surface area contributed by atoms with E-state index < -0.39 is 9.84 Å². The number of amides is 1. The minimum absolute atomic E-state index is 0.110. The zero-order valence-corrected chi connectivity index (χ0v) is 14.0. The molecule has 1 aromatic carbocycles. The van der Waals surface area contributed by atoms with Crippen LogP contribution in [0.25, 0.3) is 0 Å². The van der Waals surface area contributed by atoms with Gasteiger partial charge in [-0.25, -0.2) is 8.42 Å². The number of hydrogen-bond donors (Lipinski definition) is 1. The Morgan fingerprint density at radius 1 is 0.880 bits per heavy atom. The van der Waals surface area contributed by atoms with Gasteiger partial charge >= 0.3 is 0 Å². The zero-order valence-electron chi connectivity index (χ0n) is 13.2. The average Bonchev–Trinajstić information content (AvgIpc) is 2.68. The highest BCUT2D eigenvalue weighted by Crippen LogP contribution is 2.19. The molecule has 0 saturated carbocycles. The molecule has 0 aliphatic carbocycles. The molecule has 0 saturated heterocycles. The van der Waals surface area contributed by atoms with E-state index in [1.165, 1.54) is 30.6 Å². The average molecular weight is 353 g/mol. The fourth-order valence-corrected chi connectivity index (χ4v) is 3.39. The highest BCUT2D eigenvalue weighted by Gasteiger charge is 2.17. The maximum atomic E-state index is 12.5. The van der Waals surface area contributed by atoms with Crippen LogP contribution in [0, 0.1) is 0 Å². The van der Waals surface area contributed by atoms with Crippen LogP contribution < -0.4 is 5.32 Å². The van der Waals surface area contributed by atoms with Gasteiger partial charge in [0.05, 0.1) is 22.0 Å². The van der Waals surface area contributed by atoms with E-state index in [0.29, 0.717) is 11.4 Å². The lowest BCUT2D eigenvalue weighted by atomic mass is 10.3. The van der Waals surface area contributed by atoms with Crippen molar-refractivity contribution >= 4 is 15.7 Å². The summed E-state index contributed by atoms with van der Waals surface area (Å²) in [7, 11) is -3.59. The second-order valence-electron chi connectivity index (χ2n) is 5.20. The standard InChI is InChI=1S/C18H15N3O3S/c22-18(17-8-4-5-11-19-17)21-12-14-9-10-16(13-20-14)25(23,24)15-6-2-1-3-7-15/h1-11,13H,12H2,(H,21,22). The molecule has 126 valence electrons. The molecule has 0 radical (unpaired) electrons. The molecule has 0 aliphatic rings. The summed E-state index contributed by atoms with van der Waals surface area (Å²) in [6.45, 7) is 0.182. The summed E-state index contributed by atoms with van der Waals surface area (Å²) >= 11 is 0. The van der Waals surface area contributed by atoms with Crippen molar-refractivity contribution in [3.05, 3.63) is 84.4 Å². The molecule has 3 rings (SSSR count). The number of pyridine rings is 2. The molecule has 0 spiro atoms. The minimum atomic E-state index is -3.59. The smallest absolute Gasteiger partial charge is 0.270 e. The van der Waals surface area contributed by atoms with Crippen molar-refractivity contribution in [2.75, 3.05) is 0 Å². The van der Waals surface area contributed by atoms with Crippen LogP contribution >= 0.6 is 0 Å². The normalized spacial score (nSPS) is 11.0. The van der Waals surface area contributed by atoms with Gasteiger partial charge in [-0.2, -0.15) is 0 Å². The van der Waals surface area contributed by atoms with Gasteiger partial charge in [-0.3, -0.25) is 14.8 Å². The number of aromatic nitrogens is 2. The van der Waals surface area contributed by atoms with Crippen LogP contribution in [-0.4, -0.2) is 24.3 Å². The maximum Gasteiger partial charge on any atom is 0.270 e. The molecule has 7 heteroatoms. The van der Waals surface area contributed by atoms with Crippen molar-refractivity contribution in [3.8, 4) is 0 Å². The molecule has 0 bridgehead atoms. The van der Waals surface area contributed by atoms with Crippen LogP contribution in [0.15, 0.2) is 82.8 Å². The van der Waals surface area contributed by atoms with Crippen molar-refractivity contribution in [1.29, 1.82) is 0 Å². The summed E-state index contributed by atoms with van der Waals surface area (Å²) in [5, 5.41) is 2.69. The second kappa shape index (κ2) is 7.23. The predicted octanol–water partition coefficient (Wildman–Crippen LogP) is 2.24. The molecule has 0 unspecified atom stereocenters. The summed E-state index contributed by atoms with van der Waals surface area (Å²) in [4.78, 5) is 20.3. The SMILES string of the molecule is O=C(NCc1ccc(S(=O)(=O)c2ccccc2)cn1)c1ccccn1. The Kier molecular flexibility index (Phi) is 4.85. The van der Waals surface area contributed by atoms with Crippen LogP contribution in [0.4, 0.5) is 0 Å². The van der Waals surface area contributed by atoms with Gasteiger partial charge in [0.25, 0.3) is 5.91 Å². The third kappa shape index (κ3) is 3.89.